The van der Waals surface area contributed by atoms with Crippen molar-refractivity contribution in [3.63, 3.8) is 0 Å². The van der Waals surface area contributed by atoms with E-state index in [-0.39, 0.29) is 17.7 Å². The van der Waals surface area contributed by atoms with Gasteiger partial charge in [0.2, 0.25) is 11.8 Å². The number of carbonyl (C=O) groups excluding carboxylic acids is 3. The van der Waals surface area contributed by atoms with E-state index in [0.29, 0.717) is 31.8 Å². The SMILES string of the molecule is CCCC(C(N)=O)C(CC(C)C)C(=O)NC1CN(c2ccccc2)c2ccccc2N(CC2CCCC2)C1=O. The molecule has 1 saturated carbocycles. The Balaban J connectivity index is 1.71. The van der Waals surface area contributed by atoms with E-state index >= 15 is 0 Å². The van der Waals surface area contributed by atoms with Crippen molar-refractivity contribution < 1.29 is 14.4 Å². The Hall–Kier alpha value is -3.35. The molecule has 3 unspecified atom stereocenters. The van der Waals surface area contributed by atoms with Gasteiger partial charge in [0, 0.05) is 24.1 Å². The molecule has 2 aromatic carbocycles. The molecule has 0 saturated heterocycles. The first-order chi connectivity index (χ1) is 18.8. The van der Waals surface area contributed by atoms with Gasteiger partial charge in [0.25, 0.3) is 5.91 Å². The lowest BCUT2D eigenvalue weighted by Crippen LogP contribution is -2.54. The Morgan fingerprint density at radius 2 is 1.62 bits per heavy atom. The molecule has 0 radical (unpaired) electrons. The molecule has 7 heteroatoms. The Kier molecular flexibility index (Phi) is 9.65. The number of benzene rings is 2. The van der Waals surface area contributed by atoms with Crippen molar-refractivity contribution in [2.24, 2.45) is 29.4 Å². The molecule has 1 heterocycles. The van der Waals surface area contributed by atoms with Gasteiger partial charge in [-0.05, 0) is 61.8 Å². The summed E-state index contributed by atoms with van der Waals surface area (Å²) in [6.07, 6.45) is 6.44. The molecule has 1 fully saturated rings. The molecular weight excluding hydrogens is 488 g/mol. The van der Waals surface area contributed by atoms with E-state index in [1.165, 1.54) is 12.8 Å². The fourth-order valence-electron chi connectivity index (χ4n) is 6.28. The lowest BCUT2D eigenvalue weighted by atomic mass is 9.81. The molecule has 0 bridgehead atoms. The van der Waals surface area contributed by atoms with Gasteiger partial charge in [0.05, 0.1) is 17.9 Å². The average Bonchev–Trinajstić information content (AvgIpc) is 3.41. The summed E-state index contributed by atoms with van der Waals surface area (Å²) in [5.41, 5.74) is 8.57. The summed E-state index contributed by atoms with van der Waals surface area (Å²) < 4.78 is 0. The van der Waals surface area contributed by atoms with E-state index in [1.54, 1.807) is 0 Å². The third-order valence-corrected chi connectivity index (χ3v) is 8.21. The van der Waals surface area contributed by atoms with Crippen LogP contribution >= 0.6 is 0 Å². The largest absolute Gasteiger partial charge is 0.369 e. The monoisotopic (exact) mass is 532 g/mol. The fourth-order valence-corrected chi connectivity index (χ4v) is 6.28. The maximum Gasteiger partial charge on any atom is 0.251 e. The van der Waals surface area contributed by atoms with E-state index in [9.17, 15) is 14.4 Å². The Labute approximate surface area is 233 Å². The highest BCUT2D eigenvalue weighted by atomic mass is 16.2. The number of fused-ring (bicyclic) bond motifs is 1. The van der Waals surface area contributed by atoms with Crippen LogP contribution in [-0.2, 0) is 14.4 Å². The third-order valence-electron chi connectivity index (χ3n) is 8.21. The summed E-state index contributed by atoms with van der Waals surface area (Å²) in [4.78, 5) is 44.6. The lowest BCUT2D eigenvalue weighted by molar-refractivity contribution is -0.136. The molecule has 7 nitrogen and oxygen atoms in total. The molecule has 3 N–H and O–H groups in total. The number of nitrogens with two attached hydrogens (primary N) is 1. The summed E-state index contributed by atoms with van der Waals surface area (Å²) >= 11 is 0. The van der Waals surface area contributed by atoms with Gasteiger partial charge in [-0.3, -0.25) is 14.4 Å². The van der Waals surface area contributed by atoms with Gasteiger partial charge >= 0.3 is 0 Å². The highest BCUT2D eigenvalue weighted by Gasteiger charge is 2.39. The number of rotatable bonds is 11. The molecule has 3 amide bonds. The zero-order chi connectivity index (χ0) is 27.9. The standard InChI is InChI=1S/C32H44N4O3/c1-4-12-25(30(33)37)26(19-22(2)3)31(38)34-27-21-35(24-15-6-5-7-16-24)28-17-10-11-18-29(28)36(32(27)39)20-23-13-8-9-14-23/h5-7,10-11,15-18,22-23,25-27H,4,8-9,12-14,19-21H2,1-3H3,(H2,33,37)(H,34,38). The maximum absolute atomic E-state index is 14.3. The van der Waals surface area contributed by atoms with Crippen LogP contribution in [0.5, 0.6) is 0 Å². The minimum atomic E-state index is -0.767. The summed E-state index contributed by atoms with van der Waals surface area (Å²) in [5, 5.41) is 3.12. The van der Waals surface area contributed by atoms with Crippen LogP contribution in [0.25, 0.3) is 0 Å². The predicted molar refractivity (Wildman–Crippen MR) is 157 cm³/mol. The van der Waals surface area contributed by atoms with E-state index in [0.717, 1.165) is 36.3 Å². The van der Waals surface area contributed by atoms with E-state index in [4.69, 9.17) is 5.73 Å². The van der Waals surface area contributed by atoms with Gasteiger partial charge in [0.15, 0.2) is 0 Å². The highest BCUT2D eigenvalue weighted by Crippen LogP contribution is 2.39. The normalized spacial score (nSPS) is 19.5. The van der Waals surface area contributed by atoms with E-state index in [2.05, 4.69) is 10.2 Å². The Morgan fingerprint density at radius 3 is 2.23 bits per heavy atom. The van der Waals surface area contributed by atoms with E-state index < -0.39 is 23.8 Å². The Bertz CT molecular complexity index is 1130. The zero-order valence-corrected chi connectivity index (χ0v) is 23.6. The molecule has 3 atom stereocenters. The number of hydrogen-bond acceptors (Lipinski definition) is 4. The molecule has 2 aliphatic rings. The number of hydrogen-bond donors (Lipinski definition) is 2. The van der Waals surface area contributed by atoms with Crippen molar-refractivity contribution >= 4 is 34.8 Å². The number of anilines is 3. The van der Waals surface area contributed by atoms with Crippen LogP contribution in [-0.4, -0.2) is 36.9 Å². The van der Waals surface area contributed by atoms with Gasteiger partial charge < -0.3 is 20.9 Å². The Morgan fingerprint density at radius 1 is 0.974 bits per heavy atom. The number of nitrogens with zero attached hydrogens (tertiary/aromatic N) is 2. The number of para-hydroxylation sites is 3. The molecule has 2 aromatic rings. The number of carbonyl (C=O) groups is 3. The quantitative estimate of drug-likeness (QED) is 0.404. The summed E-state index contributed by atoms with van der Waals surface area (Å²) in [6.45, 7) is 7.01. The molecule has 39 heavy (non-hydrogen) atoms. The van der Waals surface area contributed by atoms with Crippen LogP contribution in [0.15, 0.2) is 54.6 Å². The van der Waals surface area contributed by atoms with Gasteiger partial charge in [-0.2, -0.15) is 0 Å². The van der Waals surface area contributed by atoms with Crippen molar-refractivity contribution in [2.75, 3.05) is 22.9 Å². The van der Waals surface area contributed by atoms with Crippen molar-refractivity contribution in [1.82, 2.24) is 5.32 Å². The van der Waals surface area contributed by atoms with Gasteiger partial charge in [-0.1, -0.05) is 70.4 Å². The van der Waals surface area contributed by atoms with Gasteiger partial charge in [-0.15, -0.1) is 0 Å². The van der Waals surface area contributed by atoms with E-state index in [1.807, 2.05) is 80.3 Å². The summed E-state index contributed by atoms with van der Waals surface area (Å²) in [5.74, 6) is -1.31. The van der Waals surface area contributed by atoms with Crippen molar-refractivity contribution in [2.45, 2.75) is 71.8 Å². The first-order valence-corrected chi connectivity index (χ1v) is 14.6. The van der Waals surface area contributed by atoms with Crippen LogP contribution in [0.3, 0.4) is 0 Å². The van der Waals surface area contributed by atoms with Crippen molar-refractivity contribution in [3.8, 4) is 0 Å². The number of primary amides is 1. The molecule has 4 rings (SSSR count). The van der Waals surface area contributed by atoms with Gasteiger partial charge in [0.1, 0.15) is 6.04 Å². The first kappa shape index (κ1) is 28.7. The smallest absolute Gasteiger partial charge is 0.251 e. The summed E-state index contributed by atoms with van der Waals surface area (Å²) in [7, 11) is 0. The fraction of sp³-hybridized carbons (Fsp3) is 0.531. The maximum atomic E-state index is 14.3. The second-order valence-corrected chi connectivity index (χ2v) is 11.6. The van der Waals surface area contributed by atoms with Crippen molar-refractivity contribution in [1.29, 1.82) is 0 Å². The second kappa shape index (κ2) is 13.1. The molecule has 0 aromatic heterocycles. The molecule has 1 aliphatic heterocycles. The van der Waals surface area contributed by atoms with Crippen LogP contribution in [0.1, 0.15) is 65.7 Å². The number of amides is 3. The molecule has 210 valence electrons. The molecule has 0 spiro atoms. The molecule has 1 aliphatic carbocycles. The lowest BCUT2D eigenvalue weighted by Gasteiger charge is -2.30. The zero-order valence-electron chi connectivity index (χ0n) is 23.6. The average molecular weight is 533 g/mol. The van der Waals surface area contributed by atoms with Crippen LogP contribution in [0.4, 0.5) is 17.1 Å². The van der Waals surface area contributed by atoms with Crippen LogP contribution in [0.2, 0.25) is 0 Å². The number of nitrogens with one attached hydrogen (secondary N) is 1. The third kappa shape index (κ3) is 6.81. The highest BCUT2D eigenvalue weighted by molar-refractivity contribution is 6.04. The summed E-state index contributed by atoms with van der Waals surface area (Å²) in [6, 6.07) is 17.2. The minimum absolute atomic E-state index is 0.101. The van der Waals surface area contributed by atoms with Crippen molar-refractivity contribution in [3.05, 3.63) is 54.6 Å². The first-order valence-electron chi connectivity index (χ1n) is 14.6. The van der Waals surface area contributed by atoms with Crippen LogP contribution in [0, 0.1) is 23.7 Å². The van der Waals surface area contributed by atoms with Gasteiger partial charge in [-0.25, -0.2) is 0 Å². The second-order valence-electron chi connectivity index (χ2n) is 11.6. The predicted octanol–water partition coefficient (Wildman–Crippen LogP) is 5.41. The molecular formula is C32H44N4O3. The van der Waals surface area contributed by atoms with Crippen LogP contribution < -0.4 is 20.9 Å². The topological polar surface area (TPSA) is 95.7 Å². The minimum Gasteiger partial charge on any atom is -0.369 e.